The molecule has 0 bridgehead atoms. The molecule has 0 atom stereocenters. The second kappa shape index (κ2) is 9.03. The van der Waals surface area contributed by atoms with Crippen molar-refractivity contribution in [1.29, 1.82) is 0 Å². The highest BCUT2D eigenvalue weighted by atomic mass is 32.3. The van der Waals surface area contributed by atoms with Crippen molar-refractivity contribution in [2.45, 2.75) is 44.7 Å². The van der Waals surface area contributed by atoms with E-state index in [0.717, 1.165) is 0 Å². The van der Waals surface area contributed by atoms with Crippen LogP contribution in [0.5, 0.6) is 0 Å². The second-order valence-electron chi connectivity index (χ2n) is 6.29. The number of hydrogen-bond acceptors (Lipinski definition) is 9. The van der Waals surface area contributed by atoms with Crippen LogP contribution in [0.3, 0.4) is 0 Å². The van der Waals surface area contributed by atoms with Crippen molar-refractivity contribution in [2.75, 3.05) is 0 Å². The van der Waals surface area contributed by atoms with Gasteiger partial charge in [-0.3, -0.25) is 9.11 Å². The molecule has 0 radical (unpaired) electrons. The van der Waals surface area contributed by atoms with Crippen LogP contribution in [0.25, 0.3) is 0 Å². The van der Waals surface area contributed by atoms with Crippen molar-refractivity contribution < 1.29 is 117 Å². The fourth-order valence-corrected chi connectivity index (χ4v) is 4.99. The van der Waals surface area contributed by atoms with Crippen LogP contribution >= 0.6 is 0 Å². The Balaban J connectivity index is 7.10. The molecule has 0 aliphatic rings. The molecule has 0 aromatic heterocycles. The zero-order valence-corrected chi connectivity index (χ0v) is 19.5. The minimum atomic E-state index is -9.19. The maximum Gasteiger partial charge on any atom is 0.439 e. The minimum absolute atomic E-state index is 1.42. The van der Waals surface area contributed by atoms with Gasteiger partial charge in [-0.1, -0.05) is 0 Å². The van der Waals surface area contributed by atoms with Gasteiger partial charge in [0.15, 0.2) is 0 Å². The lowest BCUT2D eigenvalue weighted by atomic mass is 10.2. The average Bonchev–Trinajstić information content (AvgIpc) is 2.63. The van der Waals surface area contributed by atoms with E-state index in [-0.39, 0.29) is 0 Å². The molecule has 0 aliphatic heterocycles. The van der Waals surface area contributed by atoms with Gasteiger partial charge >= 0.3 is 85.2 Å². The van der Waals surface area contributed by atoms with Crippen LogP contribution < -0.4 is 0 Å². The van der Waals surface area contributed by atoms with Crippen molar-refractivity contribution in [3.8, 4) is 0 Å². The molecular formula is C8H2F16O11S4. The van der Waals surface area contributed by atoms with Crippen molar-refractivity contribution in [3.05, 3.63) is 0 Å². The normalized spacial score (nSPS) is 16.9. The van der Waals surface area contributed by atoms with E-state index in [0.29, 0.717) is 0 Å². The minimum Gasteiger partial charge on any atom is -0.281 e. The molecule has 0 amide bonds. The third-order valence-corrected chi connectivity index (χ3v) is 8.72. The Morgan fingerprint density at radius 3 is 0.667 bits per heavy atom. The summed E-state index contributed by atoms with van der Waals surface area (Å²) in [6.07, 6.45) is 0. The topological polar surface area (TPSA) is 186 Å². The summed E-state index contributed by atoms with van der Waals surface area (Å²) in [5.41, 5.74) is 0. The molecule has 0 unspecified atom stereocenters. The summed E-state index contributed by atoms with van der Waals surface area (Å²) >= 11 is 0. The summed E-state index contributed by atoms with van der Waals surface area (Å²) in [4.78, 5) is 0. The molecule has 0 saturated carbocycles. The number of hydrogen-bond donors (Lipinski definition) is 2. The number of halogens is 16. The van der Waals surface area contributed by atoms with Gasteiger partial charge in [0.05, 0.1) is 0 Å². The largest absolute Gasteiger partial charge is 0.439 e. The predicted octanol–water partition coefficient (Wildman–Crippen LogP) is 2.35. The lowest BCUT2D eigenvalue weighted by Crippen LogP contribution is -2.68. The summed E-state index contributed by atoms with van der Waals surface area (Å²) < 4.78 is 314. The van der Waals surface area contributed by atoms with Crippen LogP contribution in [0.2, 0.25) is 0 Å². The Kier molecular flexibility index (Phi) is 8.69. The highest BCUT2D eigenvalue weighted by Gasteiger charge is 2.90. The van der Waals surface area contributed by atoms with Gasteiger partial charge in [0, 0.05) is 0 Å². The first-order valence-corrected chi connectivity index (χ1v) is 13.1. The molecule has 2 N–H and O–H groups in total. The maximum absolute atomic E-state index is 13.6. The van der Waals surface area contributed by atoms with Crippen LogP contribution in [0.15, 0.2) is 0 Å². The van der Waals surface area contributed by atoms with Gasteiger partial charge < -0.3 is 0 Å². The quantitative estimate of drug-likeness (QED) is 0.224. The smallest absolute Gasteiger partial charge is 0.281 e. The number of rotatable bonds is 12. The van der Waals surface area contributed by atoms with E-state index >= 15 is 0 Å². The molecule has 0 fully saturated rings. The molecule has 236 valence electrons. The molecule has 31 heteroatoms. The Hall–Kier alpha value is -1.44. The molecule has 0 aromatic rings. The monoisotopic (exact) mass is 706 g/mol. The Bertz CT molecular complexity index is 1300. The molecule has 0 aromatic carbocycles. The first-order valence-electron chi connectivity index (χ1n) is 7.37. The van der Waals surface area contributed by atoms with Crippen molar-refractivity contribution in [1.82, 2.24) is 0 Å². The van der Waals surface area contributed by atoms with Gasteiger partial charge in [0.1, 0.15) is 0 Å². The van der Waals surface area contributed by atoms with Crippen molar-refractivity contribution in [3.63, 3.8) is 0 Å². The lowest BCUT2D eigenvalue weighted by Gasteiger charge is -2.35. The molecule has 0 spiro atoms. The van der Waals surface area contributed by atoms with E-state index in [2.05, 4.69) is 0 Å². The van der Waals surface area contributed by atoms with Crippen molar-refractivity contribution in [2.24, 2.45) is 0 Å². The first-order chi connectivity index (χ1) is 16.2. The number of alkyl halides is 16. The highest BCUT2D eigenvalue weighted by molar-refractivity contribution is 8.01. The highest BCUT2D eigenvalue weighted by Crippen LogP contribution is 2.58. The van der Waals surface area contributed by atoms with E-state index in [1.54, 1.807) is 0 Å². The van der Waals surface area contributed by atoms with E-state index in [9.17, 15) is 104 Å². The zero-order valence-electron chi connectivity index (χ0n) is 16.2. The van der Waals surface area contributed by atoms with Gasteiger partial charge in [-0.25, -0.2) is 0 Å². The first kappa shape index (κ1) is 37.6. The molecule has 0 heterocycles. The van der Waals surface area contributed by atoms with E-state index < -0.39 is 85.2 Å². The molecule has 0 aliphatic carbocycles. The summed E-state index contributed by atoms with van der Waals surface area (Å²) in [5.74, 6) is -34.2. The van der Waals surface area contributed by atoms with Crippen LogP contribution in [-0.4, -0.2) is 87.5 Å². The van der Waals surface area contributed by atoms with Crippen molar-refractivity contribution >= 4 is 40.5 Å². The van der Waals surface area contributed by atoms with Gasteiger partial charge in [-0.2, -0.15) is 104 Å². The predicted molar refractivity (Wildman–Crippen MR) is 81.6 cm³/mol. The zero-order chi connectivity index (χ0) is 32.7. The molecule has 0 rings (SSSR count). The van der Waals surface area contributed by atoms with Crippen LogP contribution in [0.1, 0.15) is 0 Å². The van der Waals surface area contributed by atoms with Crippen LogP contribution in [-0.2, 0) is 44.1 Å². The molecule has 39 heavy (non-hydrogen) atoms. The van der Waals surface area contributed by atoms with E-state index in [1.807, 2.05) is 0 Å². The Morgan fingerprint density at radius 1 is 0.359 bits per heavy atom. The fraction of sp³-hybridized carbons (Fsp3) is 1.00. The standard InChI is InChI=1S/C8H2F16O11S4/c9-1(10,5(17,18)36(25,26)27)3(13,14)7(21,22)38(31,32)35-39(33,34)8(23,24)4(15,16)2(11,12)6(19,20)37(28,29)30/h(H,25,26,27)(H,28,29,30). The SMILES string of the molecule is O=S(=O)(O)C(F)(F)C(F)(F)C(F)(F)C(F)(F)S(=O)(=O)OS(=O)(=O)C(F)(F)C(F)(F)C(F)(F)C(F)(F)S(=O)(=O)O. The fourth-order valence-electron chi connectivity index (χ4n) is 1.57. The Morgan fingerprint density at radius 2 is 0.513 bits per heavy atom. The van der Waals surface area contributed by atoms with Crippen LogP contribution in [0.4, 0.5) is 70.2 Å². The summed E-state index contributed by atoms with van der Waals surface area (Å²) in [6.45, 7) is 0. The van der Waals surface area contributed by atoms with Crippen LogP contribution in [0, 0.1) is 0 Å². The molecule has 0 saturated heterocycles. The lowest BCUT2D eigenvalue weighted by molar-refractivity contribution is -0.329. The molecule has 11 nitrogen and oxygen atoms in total. The maximum atomic E-state index is 13.6. The third kappa shape index (κ3) is 4.88. The van der Waals surface area contributed by atoms with Gasteiger partial charge in [0.2, 0.25) is 0 Å². The summed E-state index contributed by atoms with van der Waals surface area (Å²) in [6, 6.07) is 0. The third-order valence-electron chi connectivity index (χ3n) is 3.71. The van der Waals surface area contributed by atoms with E-state index in [1.165, 1.54) is 3.63 Å². The van der Waals surface area contributed by atoms with Gasteiger partial charge in [-0.05, 0) is 0 Å². The average molecular weight is 706 g/mol. The van der Waals surface area contributed by atoms with E-state index in [4.69, 9.17) is 9.11 Å². The molecular weight excluding hydrogens is 704 g/mol. The second-order valence-corrected chi connectivity index (χ2v) is 12.6. The summed E-state index contributed by atoms with van der Waals surface area (Å²) in [5, 5.41) is -32.8. The Labute approximate surface area is 202 Å². The van der Waals surface area contributed by atoms with Gasteiger partial charge in [-0.15, -0.1) is 3.63 Å². The summed E-state index contributed by atoms with van der Waals surface area (Å²) in [7, 11) is -34.3. The van der Waals surface area contributed by atoms with Gasteiger partial charge in [0.25, 0.3) is 0 Å².